The molecule has 3 aliphatic rings. The van der Waals surface area contributed by atoms with Crippen LogP contribution in [-0.2, 0) is 23.9 Å². The second-order valence-electron chi connectivity index (χ2n) is 5.59. The molecule has 0 aromatic heterocycles. The van der Waals surface area contributed by atoms with E-state index in [0.717, 1.165) is 0 Å². The third-order valence-corrected chi connectivity index (χ3v) is 4.02. The first-order chi connectivity index (χ1) is 10.4. The summed E-state index contributed by atoms with van der Waals surface area (Å²) < 4.78 is 10.0. The number of rotatable bonds is 4. The van der Waals surface area contributed by atoms with Gasteiger partial charge in [-0.15, -0.1) is 0 Å². The summed E-state index contributed by atoms with van der Waals surface area (Å²) in [6.45, 7) is 5.27. The van der Waals surface area contributed by atoms with E-state index in [2.05, 4.69) is 0 Å². The molecule has 0 spiro atoms. The Hall–Kier alpha value is -2.11. The monoisotopic (exact) mass is 307 g/mol. The molecule has 120 valence electrons. The van der Waals surface area contributed by atoms with E-state index in [1.165, 1.54) is 11.8 Å². The van der Waals surface area contributed by atoms with Crippen molar-refractivity contribution >= 4 is 17.8 Å². The van der Waals surface area contributed by atoms with E-state index >= 15 is 0 Å². The van der Waals surface area contributed by atoms with Gasteiger partial charge in [-0.05, 0) is 19.8 Å². The number of ether oxygens (including phenoxy) is 2. The average Bonchev–Trinajstić information content (AvgIpc) is 2.68. The molecule has 0 radical (unpaired) electrons. The molecular formula is C16H21NO5. The fourth-order valence-corrected chi connectivity index (χ4v) is 2.73. The zero-order valence-corrected chi connectivity index (χ0v) is 13.2. The predicted molar refractivity (Wildman–Crippen MR) is 78.6 cm³/mol. The molecule has 0 fully saturated rings. The predicted octanol–water partition coefficient (Wildman–Crippen LogP) is 1.07. The van der Waals surface area contributed by atoms with Crippen LogP contribution in [0.25, 0.3) is 0 Å². The van der Waals surface area contributed by atoms with Gasteiger partial charge in [-0.25, -0.2) is 9.59 Å². The van der Waals surface area contributed by atoms with Crippen LogP contribution in [0.2, 0.25) is 0 Å². The van der Waals surface area contributed by atoms with Crippen molar-refractivity contribution < 1.29 is 23.9 Å². The molecule has 2 aliphatic heterocycles. The Labute approximate surface area is 129 Å². The molecule has 22 heavy (non-hydrogen) atoms. The molecule has 1 amide bonds. The Morgan fingerprint density at radius 1 is 1.36 bits per heavy atom. The molecule has 3 rings (SSSR count). The van der Waals surface area contributed by atoms with Gasteiger partial charge < -0.3 is 14.4 Å². The number of hydrogen-bond acceptors (Lipinski definition) is 5. The van der Waals surface area contributed by atoms with Crippen molar-refractivity contribution in [2.24, 2.45) is 11.8 Å². The van der Waals surface area contributed by atoms with Gasteiger partial charge in [-0.2, -0.15) is 0 Å². The highest BCUT2D eigenvalue weighted by Gasteiger charge is 2.40. The fourth-order valence-electron chi connectivity index (χ4n) is 2.73. The lowest BCUT2D eigenvalue weighted by Crippen LogP contribution is -2.44. The van der Waals surface area contributed by atoms with Crippen molar-refractivity contribution in [3.05, 3.63) is 23.8 Å². The highest BCUT2D eigenvalue weighted by atomic mass is 16.6. The number of carbonyl (C=O) groups excluding carboxylic acids is 3. The maximum absolute atomic E-state index is 12.4. The Bertz CT molecular complexity index is 551. The molecule has 3 unspecified atom stereocenters. The fraction of sp³-hybridized carbons (Fsp3) is 0.562. The van der Waals surface area contributed by atoms with Crippen LogP contribution in [0, 0.1) is 11.8 Å². The van der Waals surface area contributed by atoms with E-state index in [-0.39, 0.29) is 24.3 Å². The smallest absolute Gasteiger partial charge is 0.347 e. The van der Waals surface area contributed by atoms with Crippen LogP contribution in [-0.4, -0.2) is 48.5 Å². The first-order valence-electron chi connectivity index (χ1n) is 7.41. The third-order valence-electron chi connectivity index (χ3n) is 4.02. The molecular weight excluding hydrogens is 286 g/mol. The average molecular weight is 307 g/mol. The standard InChI is InChI=1S/C16H21NO5/c1-5-21-15(19)10(3)22-16(20)12-8-9(2)11-6-7-13(12)17(4)14(11)18/h6-11,13H,5H2,1-4H3/t9?,10-,11?,13?/m0/s1. The van der Waals surface area contributed by atoms with Gasteiger partial charge in [0.1, 0.15) is 0 Å². The van der Waals surface area contributed by atoms with Crippen LogP contribution in [0.1, 0.15) is 20.8 Å². The lowest BCUT2D eigenvalue weighted by atomic mass is 9.92. The summed E-state index contributed by atoms with van der Waals surface area (Å²) in [6.07, 6.45) is 4.45. The van der Waals surface area contributed by atoms with Crippen molar-refractivity contribution in [2.75, 3.05) is 13.7 Å². The molecule has 0 saturated carbocycles. The summed E-state index contributed by atoms with van der Waals surface area (Å²) in [5.74, 6) is -1.54. The van der Waals surface area contributed by atoms with E-state index in [1.807, 2.05) is 19.1 Å². The number of nitrogens with zero attached hydrogens (tertiary/aromatic N) is 1. The van der Waals surface area contributed by atoms with Crippen LogP contribution < -0.4 is 0 Å². The Morgan fingerprint density at radius 2 is 2.05 bits per heavy atom. The maximum atomic E-state index is 12.4. The highest BCUT2D eigenvalue weighted by Crippen LogP contribution is 2.32. The molecule has 4 atom stereocenters. The second-order valence-corrected chi connectivity index (χ2v) is 5.59. The van der Waals surface area contributed by atoms with Gasteiger partial charge in [-0.1, -0.05) is 25.2 Å². The van der Waals surface area contributed by atoms with Crippen LogP contribution in [0.3, 0.4) is 0 Å². The van der Waals surface area contributed by atoms with E-state index in [0.29, 0.717) is 5.57 Å². The molecule has 6 nitrogen and oxygen atoms in total. The van der Waals surface area contributed by atoms with Gasteiger partial charge in [0.05, 0.1) is 24.1 Å². The quantitative estimate of drug-likeness (QED) is 0.574. The van der Waals surface area contributed by atoms with Crippen molar-refractivity contribution in [1.82, 2.24) is 4.90 Å². The summed E-state index contributed by atoms with van der Waals surface area (Å²) in [7, 11) is 1.66. The number of esters is 2. The zero-order chi connectivity index (χ0) is 16.4. The minimum absolute atomic E-state index is 0.0162. The lowest BCUT2D eigenvalue weighted by Gasteiger charge is -2.31. The summed E-state index contributed by atoms with van der Waals surface area (Å²) in [4.78, 5) is 37.7. The van der Waals surface area contributed by atoms with E-state index < -0.39 is 24.1 Å². The molecule has 0 aromatic carbocycles. The van der Waals surface area contributed by atoms with Crippen LogP contribution in [0.5, 0.6) is 0 Å². The zero-order valence-electron chi connectivity index (χ0n) is 13.2. The summed E-state index contributed by atoms with van der Waals surface area (Å²) >= 11 is 0. The van der Waals surface area contributed by atoms with E-state index in [1.54, 1.807) is 20.0 Å². The lowest BCUT2D eigenvalue weighted by molar-refractivity contribution is -0.164. The molecule has 0 aromatic rings. The van der Waals surface area contributed by atoms with Crippen LogP contribution in [0.15, 0.2) is 23.8 Å². The Kier molecular flexibility index (Phi) is 4.68. The molecule has 0 N–H and O–H groups in total. The SMILES string of the molecule is CCOC(=O)[C@H](C)OC(=O)C1=CC(C)C2C=CC1N(C)C2=O. The Morgan fingerprint density at radius 3 is 2.68 bits per heavy atom. The first kappa shape index (κ1) is 16.3. The van der Waals surface area contributed by atoms with Gasteiger partial charge in [0, 0.05) is 7.05 Å². The summed E-state index contributed by atoms with van der Waals surface area (Å²) in [6, 6.07) is -0.449. The molecule has 1 aliphatic carbocycles. The minimum Gasteiger partial charge on any atom is -0.463 e. The van der Waals surface area contributed by atoms with E-state index in [4.69, 9.17) is 9.47 Å². The molecule has 2 heterocycles. The van der Waals surface area contributed by atoms with Crippen molar-refractivity contribution in [3.8, 4) is 0 Å². The Balaban J connectivity index is 2.17. The summed E-state index contributed by atoms with van der Waals surface area (Å²) in [5, 5.41) is 0. The summed E-state index contributed by atoms with van der Waals surface area (Å²) in [5.41, 5.74) is 0.385. The topological polar surface area (TPSA) is 72.9 Å². The molecule has 0 saturated heterocycles. The van der Waals surface area contributed by atoms with Crippen LogP contribution in [0.4, 0.5) is 0 Å². The van der Waals surface area contributed by atoms with Gasteiger partial charge in [-0.3, -0.25) is 4.79 Å². The molecule has 2 bridgehead atoms. The van der Waals surface area contributed by atoms with Crippen molar-refractivity contribution in [3.63, 3.8) is 0 Å². The minimum atomic E-state index is -0.978. The first-order valence-corrected chi connectivity index (χ1v) is 7.41. The van der Waals surface area contributed by atoms with Gasteiger partial charge in [0.25, 0.3) is 0 Å². The second kappa shape index (κ2) is 6.34. The number of allylic oxidation sites excluding steroid dienone is 1. The van der Waals surface area contributed by atoms with Crippen LogP contribution >= 0.6 is 0 Å². The van der Waals surface area contributed by atoms with Gasteiger partial charge in [0.15, 0.2) is 6.10 Å². The largest absolute Gasteiger partial charge is 0.463 e. The van der Waals surface area contributed by atoms with Gasteiger partial charge in [0.2, 0.25) is 5.91 Å². The number of likely N-dealkylation sites (N-methyl/N-ethyl adjacent to an activating group) is 1. The highest BCUT2D eigenvalue weighted by molar-refractivity contribution is 5.95. The third kappa shape index (κ3) is 2.91. The number of amides is 1. The normalized spacial score (nSPS) is 28.0. The number of carbonyl (C=O) groups is 3. The van der Waals surface area contributed by atoms with Crippen molar-refractivity contribution in [2.45, 2.75) is 32.9 Å². The maximum Gasteiger partial charge on any atom is 0.347 e. The van der Waals surface area contributed by atoms with Gasteiger partial charge >= 0.3 is 11.9 Å². The number of hydrogen-bond donors (Lipinski definition) is 0. The van der Waals surface area contributed by atoms with Crippen molar-refractivity contribution in [1.29, 1.82) is 0 Å². The molecule has 6 heteroatoms. The van der Waals surface area contributed by atoms with E-state index in [9.17, 15) is 14.4 Å². The number of fused-ring (bicyclic) bond motifs is 2.